The summed E-state index contributed by atoms with van der Waals surface area (Å²) in [5.41, 5.74) is 7.07. The fourth-order valence-electron chi connectivity index (χ4n) is 7.88. The molecule has 0 saturated carbocycles. The Labute approximate surface area is 363 Å². The summed E-state index contributed by atoms with van der Waals surface area (Å²) in [6.45, 7) is 9.53. The molecule has 7 rings (SSSR count). The molecule has 0 aliphatic carbocycles. The summed E-state index contributed by atoms with van der Waals surface area (Å²) in [6, 6.07) is 19.7. The number of aromatic nitrogens is 6. The molecule has 5 atom stereocenters. The van der Waals surface area contributed by atoms with E-state index in [1.54, 1.807) is 21.2 Å². The van der Waals surface area contributed by atoms with Crippen molar-refractivity contribution in [3.8, 4) is 34.0 Å². The van der Waals surface area contributed by atoms with E-state index < -0.39 is 12.2 Å². The van der Waals surface area contributed by atoms with E-state index >= 15 is 0 Å². The van der Waals surface area contributed by atoms with Crippen LogP contribution in [0.3, 0.4) is 0 Å². The molecular weight excluding hydrogens is 789 g/mol. The molecule has 1 fully saturated rings. The zero-order valence-corrected chi connectivity index (χ0v) is 36.9. The highest BCUT2D eigenvalue weighted by Crippen LogP contribution is 2.35. The molecule has 16 nitrogen and oxygen atoms in total. The van der Waals surface area contributed by atoms with Crippen molar-refractivity contribution in [2.24, 2.45) is 0 Å². The third kappa shape index (κ3) is 10.6. The highest BCUT2D eigenvalue weighted by Gasteiger charge is 2.30. The summed E-state index contributed by atoms with van der Waals surface area (Å²) in [7, 11) is 7.33. The van der Waals surface area contributed by atoms with E-state index in [0.717, 1.165) is 69.4 Å². The SMILES string of the molecule is CNCC(O)COc1cccc(-c2cc(NC3COC(CC(C)c4cnn5c(N(C)CCOC)cc(-c6cccc(OCC(O)CNC)c6)nc45)C3)n3ncc(C(C)C)c3n2)c1. The predicted molar refractivity (Wildman–Crippen MR) is 242 cm³/mol. The van der Waals surface area contributed by atoms with Crippen LogP contribution in [-0.2, 0) is 9.47 Å². The maximum Gasteiger partial charge on any atom is 0.161 e. The van der Waals surface area contributed by atoms with Crippen molar-refractivity contribution in [2.75, 3.05) is 84.5 Å². The average molecular weight is 851 g/mol. The molecule has 2 aromatic carbocycles. The number of hydrogen-bond acceptors (Lipinski definition) is 14. The van der Waals surface area contributed by atoms with Crippen LogP contribution in [0.5, 0.6) is 11.5 Å². The van der Waals surface area contributed by atoms with Crippen molar-refractivity contribution in [2.45, 2.75) is 69.8 Å². The molecule has 5 heterocycles. The number of methoxy groups -OCH3 is 1. The van der Waals surface area contributed by atoms with Crippen LogP contribution in [0.25, 0.3) is 33.8 Å². The molecule has 16 heteroatoms. The minimum Gasteiger partial charge on any atom is -0.491 e. The number of aliphatic hydroxyl groups excluding tert-OH is 2. The van der Waals surface area contributed by atoms with Gasteiger partial charge in [-0.25, -0.2) is 9.97 Å². The van der Waals surface area contributed by atoms with Gasteiger partial charge in [0.25, 0.3) is 0 Å². The largest absolute Gasteiger partial charge is 0.491 e. The molecule has 332 valence electrons. The van der Waals surface area contributed by atoms with E-state index in [9.17, 15) is 10.2 Å². The molecule has 0 amide bonds. The molecule has 5 unspecified atom stereocenters. The maximum atomic E-state index is 10.2. The van der Waals surface area contributed by atoms with Gasteiger partial charge in [-0.2, -0.15) is 19.2 Å². The van der Waals surface area contributed by atoms with Gasteiger partial charge in [-0.3, -0.25) is 0 Å². The zero-order chi connectivity index (χ0) is 43.8. The second kappa shape index (κ2) is 20.7. The van der Waals surface area contributed by atoms with Crippen molar-refractivity contribution >= 4 is 22.9 Å². The van der Waals surface area contributed by atoms with Gasteiger partial charge in [-0.15, -0.1) is 0 Å². The Kier molecular flexibility index (Phi) is 14.9. The number of nitrogens with zero attached hydrogens (tertiary/aromatic N) is 7. The van der Waals surface area contributed by atoms with Crippen LogP contribution in [0.1, 0.15) is 56.6 Å². The lowest BCUT2D eigenvalue weighted by atomic mass is 9.95. The summed E-state index contributed by atoms with van der Waals surface area (Å²) in [6.07, 6.45) is 4.19. The molecule has 1 aliphatic rings. The van der Waals surface area contributed by atoms with Gasteiger partial charge >= 0.3 is 0 Å². The summed E-state index contributed by atoms with van der Waals surface area (Å²) in [5, 5.41) is 39.8. The van der Waals surface area contributed by atoms with Crippen LogP contribution in [0.2, 0.25) is 0 Å². The first-order valence-electron chi connectivity index (χ1n) is 21.5. The molecule has 6 aromatic rings. The first-order valence-corrected chi connectivity index (χ1v) is 21.5. The molecular formula is C46H62N10O6. The standard InChI is InChI=1S/C46H62N10O6/c1-29(2)39-24-49-55-43(20-41(52-45(39)55)31-10-8-12-36(17-31)61-27-34(57)22-47-4)51-33-19-38(60-26-33)16-30(3)40-25-50-56-44(54(6)14-15-59-7)21-42(53-46(40)56)32-11-9-13-37(18-32)62-28-35(58)23-48-5/h8-13,17-18,20-21,24-25,29-30,33-35,38,47-48,51,57-58H,14-16,19,22-23,26-28H2,1-7H3. The van der Waals surface area contributed by atoms with Gasteiger partial charge in [0.05, 0.1) is 49.1 Å². The lowest BCUT2D eigenvalue weighted by Crippen LogP contribution is -2.29. The van der Waals surface area contributed by atoms with Crippen LogP contribution in [0.4, 0.5) is 11.6 Å². The summed E-state index contributed by atoms with van der Waals surface area (Å²) in [5.74, 6) is 3.37. The molecule has 62 heavy (non-hydrogen) atoms. The molecule has 5 N–H and O–H groups in total. The first kappa shape index (κ1) is 44.7. The van der Waals surface area contributed by atoms with Gasteiger partial charge in [-0.1, -0.05) is 45.0 Å². The van der Waals surface area contributed by atoms with Crippen LogP contribution in [0, 0.1) is 0 Å². The fourth-order valence-corrected chi connectivity index (χ4v) is 7.88. The Morgan fingerprint density at radius 2 is 1.42 bits per heavy atom. The monoisotopic (exact) mass is 850 g/mol. The van der Waals surface area contributed by atoms with E-state index in [2.05, 4.69) is 41.6 Å². The quantitative estimate of drug-likeness (QED) is 0.0618. The summed E-state index contributed by atoms with van der Waals surface area (Å²) in [4.78, 5) is 12.4. The number of anilines is 2. The van der Waals surface area contributed by atoms with Crippen LogP contribution < -0.4 is 30.3 Å². The van der Waals surface area contributed by atoms with E-state index in [0.29, 0.717) is 44.3 Å². The van der Waals surface area contributed by atoms with Crippen LogP contribution in [0.15, 0.2) is 73.1 Å². The number of likely N-dealkylation sites (N-methyl/N-ethyl adjacent to an activating group) is 3. The predicted octanol–water partition coefficient (Wildman–Crippen LogP) is 4.99. The van der Waals surface area contributed by atoms with Crippen molar-refractivity contribution in [3.05, 3.63) is 84.2 Å². The minimum atomic E-state index is -0.621. The second-order valence-corrected chi connectivity index (χ2v) is 16.5. The second-order valence-electron chi connectivity index (χ2n) is 16.5. The number of fused-ring (bicyclic) bond motifs is 2. The van der Waals surface area contributed by atoms with E-state index in [4.69, 9.17) is 39.1 Å². The number of benzene rings is 2. The zero-order valence-electron chi connectivity index (χ0n) is 36.9. The Balaban J connectivity index is 1.10. The number of hydrogen-bond donors (Lipinski definition) is 5. The number of rotatable bonds is 22. The molecule has 1 saturated heterocycles. The molecule has 4 aromatic heterocycles. The van der Waals surface area contributed by atoms with Crippen LogP contribution in [-0.4, -0.2) is 138 Å². The van der Waals surface area contributed by atoms with E-state index in [-0.39, 0.29) is 37.2 Å². The Morgan fingerprint density at radius 3 is 2.03 bits per heavy atom. The third-order valence-corrected chi connectivity index (χ3v) is 11.2. The van der Waals surface area contributed by atoms with E-state index in [1.807, 2.05) is 89.1 Å². The first-order chi connectivity index (χ1) is 30.0. The third-order valence-electron chi connectivity index (χ3n) is 11.2. The lowest BCUT2D eigenvalue weighted by molar-refractivity contribution is 0.0986. The topological polar surface area (TPSA) is 177 Å². The Morgan fingerprint density at radius 1 is 0.823 bits per heavy atom. The van der Waals surface area contributed by atoms with Gasteiger partial charge in [0.2, 0.25) is 0 Å². The molecule has 0 bridgehead atoms. The average Bonchev–Trinajstić information content (AvgIpc) is 4.03. The van der Waals surface area contributed by atoms with Gasteiger partial charge < -0.3 is 50.0 Å². The molecule has 1 aliphatic heterocycles. The normalized spacial score (nSPS) is 16.9. The van der Waals surface area contributed by atoms with Crippen molar-refractivity contribution in [1.29, 1.82) is 0 Å². The van der Waals surface area contributed by atoms with Crippen molar-refractivity contribution < 1.29 is 29.2 Å². The number of aliphatic hydroxyl groups is 2. The fraction of sp³-hybridized carbons (Fsp3) is 0.478. The maximum absolute atomic E-state index is 10.2. The highest BCUT2D eigenvalue weighted by molar-refractivity contribution is 5.71. The lowest BCUT2D eigenvalue weighted by Gasteiger charge is -2.21. The van der Waals surface area contributed by atoms with Gasteiger partial charge in [0, 0.05) is 68.2 Å². The Bertz CT molecular complexity index is 2390. The van der Waals surface area contributed by atoms with Crippen molar-refractivity contribution in [1.82, 2.24) is 39.8 Å². The van der Waals surface area contributed by atoms with Gasteiger partial charge in [0.1, 0.15) is 48.6 Å². The smallest absolute Gasteiger partial charge is 0.161 e. The summed E-state index contributed by atoms with van der Waals surface area (Å²) >= 11 is 0. The Hall–Kier alpha value is -5.36. The van der Waals surface area contributed by atoms with E-state index in [1.165, 1.54) is 0 Å². The molecule has 0 spiro atoms. The van der Waals surface area contributed by atoms with Gasteiger partial charge in [0.15, 0.2) is 11.3 Å². The van der Waals surface area contributed by atoms with Crippen molar-refractivity contribution in [3.63, 3.8) is 0 Å². The minimum absolute atomic E-state index is 0.00398. The highest BCUT2D eigenvalue weighted by atomic mass is 16.5. The van der Waals surface area contributed by atoms with Gasteiger partial charge in [-0.05, 0) is 63.0 Å². The summed E-state index contributed by atoms with van der Waals surface area (Å²) < 4.78 is 27.6. The number of nitrogens with one attached hydrogen (secondary N) is 3. The molecule has 0 radical (unpaired) electrons. The number of ether oxygens (including phenoxy) is 4. The van der Waals surface area contributed by atoms with Crippen LogP contribution >= 0.6 is 0 Å².